The third-order valence-corrected chi connectivity index (χ3v) is 5.78. The molecule has 2 aromatic rings. The van der Waals surface area contributed by atoms with Crippen LogP contribution >= 0.6 is 11.8 Å². The molecule has 11 heteroatoms. The zero-order valence-electron chi connectivity index (χ0n) is 18.6. The highest BCUT2D eigenvalue weighted by Crippen LogP contribution is 2.32. The van der Waals surface area contributed by atoms with Crippen molar-refractivity contribution in [2.75, 3.05) is 0 Å². The van der Waals surface area contributed by atoms with Gasteiger partial charge in [-0.25, -0.2) is 9.97 Å². The second-order valence-corrected chi connectivity index (χ2v) is 8.10. The maximum absolute atomic E-state index is 12.5. The van der Waals surface area contributed by atoms with Gasteiger partial charge in [0, 0.05) is 11.1 Å². The molecule has 1 unspecified atom stereocenters. The van der Waals surface area contributed by atoms with E-state index in [2.05, 4.69) is 20.0 Å². The first-order chi connectivity index (χ1) is 15.4. The summed E-state index contributed by atoms with van der Waals surface area (Å²) in [5, 5.41) is 33.2. The molecular weight excluding hydrogens is 459 g/mol. The van der Waals surface area contributed by atoms with Crippen LogP contribution in [0.3, 0.4) is 0 Å². The summed E-state index contributed by atoms with van der Waals surface area (Å²) in [4.78, 5) is 9.09. The molecular formula is C22H26F3N3O4S. The van der Waals surface area contributed by atoms with Crippen molar-refractivity contribution in [3.05, 3.63) is 58.3 Å². The molecule has 1 aromatic heterocycles. The maximum Gasteiger partial charge on any atom is 0.573 e. The Hall–Kier alpha value is -2.92. The molecule has 0 bridgehead atoms. The number of hydrogen-bond acceptors (Lipinski definition) is 8. The maximum atomic E-state index is 12.5. The monoisotopic (exact) mass is 485 g/mol. The van der Waals surface area contributed by atoms with E-state index < -0.39 is 24.1 Å². The summed E-state index contributed by atoms with van der Waals surface area (Å²) in [7, 11) is 0. The molecule has 2 rings (SSSR count). The molecule has 4 N–H and O–H groups in total. The number of alkyl halides is 3. The Kier molecular flexibility index (Phi) is 9.00. The average Bonchev–Trinajstić information content (AvgIpc) is 2.75. The van der Waals surface area contributed by atoms with Crippen molar-refractivity contribution in [3.63, 3.8) is 0 Å². The lowest BCUT2D eigenvalue weighted by atomic mass is 10.1. The van der Waals surface area contributed by atoms with Crippen molar-refractivity contribution < 1.29 is 33.2 Å². The van der Waals surface area contributed by atoms with Crippen LogP contribution in [0, 0.1) is 6.92 Å². The Morgan fingerprint density at radius 2 is 1.82 bits per heavy atom. The molecule has 33 heavy (non-hydrogen) atoms. The highest BCUT2D eigenvalue weighted by Gasteiger charge is 2.31. The number of nitrogens with one attached hydrogen (secondary N) is 1. The van der Waals surface area contributed by atoms with Gasteiger partial charge in [0.15, 0.2) is 5.76 Å². The van der Waals surface area contributed by atoms with Crippen LogP contribution in [0.15, 0.2) is 52.0 Å². The summed E-state index contributed by atoms with van der Waals surface area (Å²) in [6.07, 6.45) is -3.91. The Bertz CT molecular complexity index is 1020. The fourth-order valence-corrected chi connectivity index (χ4v) is 3.52. The molecule has 180 valence electrons. The molecule has 1 aromatic carbocycles. The smallest absolute Gasteiger partial charge is 0.505 e. The van der Waals surface area contributed by atoms with Gasteiger partial charge in [0.1, 0.15) is 16.6 Å². The first kappa shape index (κ1) is 26.3. The first-order valence-corrected chi connectivity index (χ1v) is 10.9. The number of halogens is 3. The second kappa shape index (κ2) is 11.3. The normalized spacial score (nSPS) is 13.0. The van der Waals surface area contributed by atoms with Crippen molar-refractivity contribution in [2.24, 2.45) is 0 Å². The van der Waals surface area contributed by atoms with E-state index in [1.807, 2.05) is 26.2 Å². The Labute approximate surface area is 194 Å². The van der Waals surface area contributed by atoms with Gasteiger partial charge in [-0.15, -0.1) is 13.2 Å². The van der Waals surface area contributed by atoms with Crippen molar-refractivity contribution in [1.29, 1.82) is 0 Å². The lowest BCUT2D eigenvalue weighted by Crippen LogP contribution is -2.29. The van der Waals surface area contributed by atoms with Crippen LogP contribution in [0.25, 0.3) is 11.3 Å². The van der Waals surface area contributed by atoms with Gasteiger partial charge in [-0.3, -0.25) is 0 Å². The molecule has 0 fully saturated rings. The summed E-state index contributed by atoms with van der Waals surface area (Å²) in [6.45, 7) is 7.46. The number of nitrogens with zero attached hydrogens (tertiary/aromatic N) is 2. The van der Waals surface area contributed by atoms with E-state index in [0.29, 0.717) is 22.1 Å². The van der Waals surface area contributed by atoms with Gasteiger partial charge in [-0.05, 0) is 56.9 Å². The number of ether oxygens (including phenoxy) is 1. The van der Waals surface area contributed by atoms with Crippen LogP contribution in [-0.2, 0) is 6.54 Å². The van der Waals surface area contributed by atoms with E-state index in [1.165, 1.54) is 43.0 Å². The van der Waals surface area contributed by atoms with Gasteiger partial charge in [0.2, 0.25) is 0 Å². The van der Waals surface area contributed by atoms with Gasteiger partial charge in [-0.1, -0.05) is 24.3 Å². The molecule has 0 amide bonds. The lowest BCUT2D eigenvalue weighted by molar-refractivity contribution is -0.274. The highest BCUT2D eigenvalue weighted by atomic mass is 32.2. The van der Waals surface area contributed by atoms with Crippen LogP contribution in [0.4, 0.5) is 13.2 Å². The zero-order valence-corrected chi connectivity index (χ0v) is 19.4. The molecule has 1 heterocycles. The van der Waals surface area contributed by atoms with Gasteiger partial charge < -0.3 is 25.4 Å². The number of allylic oxidation sites excluding steroid dienone is 1. The highest BCUT2D eigenvalue weighted by molar-refractivity contribution is 8.02. The summed E-state index contributed by atoms with van der Waals surface area (Å²) in [5.41, 5.74) is 3.00. The van der Waals surface area contributed by atoms with Crippen LogP contribution in [-0.4, -0.2) is 37.7 Å². The van der Waals surface area contributed by atoms with E-state index in [0.717, 1.165) is 17.6 Å². The molecule has 0 aliphatic rings. The zero-order chi connectivity index (χ0) is 24.8. The summed E-state index contributed by atoms with van der Waals surface area (Å²) in [5.74, 6) is -1.79. The van der Waals surface area contributed by atoms with Gasteiger partial charge in [-0.2, -0.15) is 0 Å². The molecule has 0 spiro atoms. The third kappa shape index (κ3) is 7.86. The fraction of sp³-hybridized carbons (Fsp3) is 0.364. The van der Waals surface area contributed by atoms with Gasteiger partial charge in [0.25, 0.3) is 0 Å². The van der Waals surface area contributed by atoms with Crippen LogP contribution in [0.2, 0.25) is 0 Å². The number of aliphatic hydroxyl groups excluding tert-OH is 2. The Morgan fingerprint density at radius 1 is 1.18 bits per heavy atom. The number of thioether (sulfide) groups is 1. The standard InChI is InChI=1S/C22H26F3N3O4S/c1-5-12(2)11-33-20-13(3)18(15-6-8-16(9-7-15)32-22(23,24)25)27-17(28-20)10-26-14(4)19(29)21(30)31/h6-9,11,14,26,29-31H,5,10H2,1-4H3/b12-11+. The molecule has 0 aliphatic carbocycles. The van der Waals surface area contributed by atoms with E-state index in [-0.39, 0.29) is 12.3 Å². The summed E-state index contributed by atoms with van der Waals surface area (Å²) >= 11 is 1.41. The van der Waals surface area contributed by atoms with Gasteiger partial charge in [0.05, 0.1) is 18.3 Å². The summed E-state index contributed by atoms with van der Waals surface area (Å²) < 4.78 is 41.3. The first-order valence-electron chi connectivity index (χ1n) is 10.0. The van der Waals surface area contributed by atoms with Crippen LogP contribution in [0.1, 0.15) is 38.6 Å². The largest absolute Gasteiger partial charge is 0.573 e. The minimum Gasteiger partial charge on any atom is -0.505 e. The van der Waals surface area contributed by atoms with E-state index in [4.69, 9.17) is 10.2 Å². The average molecular weight is 486 g/mol. The number of aromatic nitrogens is 2. The van der Waals surface area contributed by atoms with E-state index in [9.17, 15) is 18.3 Å². The van der Waals surface area contributed by atoms with Gasteiger partial charge >= 0.3 is 12.3 Å². The quantitative estimate of drug-likeness (QED) is 0.192. The van der Waals surface area contributed by atoms with E-state index in [1.54, 1.807) is 0 Å². The molecule has 0 aliphatic heterocycles. The SMILES string of the molecule is CC/C(C)=C/Sc1nc(CNC(C)C(O)=C(O)O)nc(-c2ccc(OC(F)(F)F)cc2)c1C. The predicted molar refractivity (Wildman–Crippen MR) is 120 cm³/mol. The molecule has 0 saturated heterocycles. The fourth-order valence-electron chi connectivity index (χ4n) is 2.60. The number of rotatable bonds is 9. The minimum absolute atomic E-state index is 0.0884. The Balaban J connectivity index is 2.41. The number of aliphatic hydroxyl groups is 3. The summed E-state index contributed by atoms with van der Waals surface area (Å²) in [6, 6.07) is 4.61. The third-order valence-electron chi connectivity index (χ3n) is 4.64. The van der Waals surface area contributed by atoms with Crippen molar-refractivity contribution in [3.8, 4) is 17.0 Å². The van der Waals surface area contributed by atoms with Crippen molar-refractivity contribution in [2.45, 2.75) is 58.1 Å². The predicted octanol–water partition coefficient (Wildman–Crippen LogP) is 6.08. The van der Waals surface area contributed by atoms with Crippen molar-refractivity contribution in [1.82, 2.24) is 15.3 Å². The molecule has 0 radical (unpaired) electrons. The van der Waals surface area contributed by atoms with Crippen LogP contribution < -0.4 is 10.1 Å². The second-order valence-electron chi connectivity index (χ2n) is 7.24. The lowest BCUT2D eigenvalue weighted by Gasteiger charge is -2.15. The molecule has 7 nitrogen and oxygen atoms in total. The number of hydrogen-bond donors (Lipinski definition) is 4. The van der Waals surface area contributed by atoms with Crippen LogP contribution in [0.5, 0.6) is 5.75 Å². The molecule has 1 atom stereocenters. The molecule has 0 saturated carbocycles. The number of benzene rings is 1. The van der Waals surface area contributed by atoms with E-state index >= 15 is 0 Å². The van der Waals surface area contributed by atoms with Crippen molar-refractivity contribution >= 4 is 11.8 Å². The topological polar surface area (TPSA) is 108 Å². The Morgan fingerprint density at radius 3 is 2.36 bits per heavy atom. The minimum atomic E-state index is -4.78.